The Hall–Kier alpha value is -5.12. The lowest BCUT2D eigenvalue weighted by molar-refractivity contribution is -0.146. The number of amides is 3. The summed E-state index contributed by atoms with van der Waals surface area (Å²) >= 11 is 0. The van der Waals surface area contributed by atoms with Crippen molar-refractivity contribution in [3.8, 4) is 0 Å². The van der Waals surface area contributed by atoms with Crippen LogP contribution in [0, 0.1) is 5.92 Å². The molecule has 13 nitrogen and oxygen atoms in total. The normalized spacial score (nSPS) is 24.7. The van der Waals surface area contributed by atoms with Crippen LogP contribution in [-0.2, 0) is 37.7 Å². The molecular weight excluding hydrogens is 700 g/mol. The zero-order valence-corrected chi connectivity index (χ0v) is 30.7. The molecular formula is C38H41FN6O7Si. The van der Waals surface area contributed by atoms with E-state index in [0.717, 1.165) is 5.56 Å². The molecule has 4 aliphatic heterocycles. The molecule has 53 heavy (non-hydrogen) atoms. The van der Waals surface area contributed by atoms with Gasteiger partial charge in [-0.1, -0.05) is 54.6 Å². The zero-order chi connectivity index (χ0) is 37.1. The largest absolute Gasteiger partial charge is 0.447 e. The molecule has 3 fully saturated rings. The maximum Gasteiger partial charge on any atom is 0.414 e. The Morgan fingerprint density at radius 2 is 1.60 bits per heavy atom. The highest BCUT2D eigenvalue weighted by molar-refractivity contribution is 6.72. The van der Waals surface area contributed by atoms with Crippen molar-refractivity contribution in [2.45, 2.75) is 62.9 Å². The Labute approximate surface area is 307 Å². The number of aliphatic hydroxyl groups excluding tert-OH is 1. The summed E-state index contributed by atoms with van der Waals surface area (Å²) in [5.41, 5.74) is 2.31. The number of cyclic esters (lactones) is 2. The molecule has 0 saturated carbocycles. The third kappa shape index (κ3) is 6.05. The minimum atomic E-state index is -3.47. The Morgan fingerprint density at radius 1 is 0.943 bits per heavy atom. The van der Waals surface area contributed by atoms with Gasteiger partial charge in [-0.25, -0.2) is 9.59 Å². The Balaban J connectivity index is 1.11. The highest BCUT2D eigenvalue weighted by atomic mass is 28.4. The topological polar surface area (TPSA) is 140 Å². The van der Waals surface area contributed by atoms with Crippen molar-refractivity contribution in [2.24, 2.45) is 5.92 Å². The van der Waals surface area contributed by atoms with Gasteiger partial charge in [-0.05, 0) is 61.0 Å². The third-order valence-electron chi connectivity index (χ3n) is 11.0. The number of aliphatic hydroxyl groups is 1. The Bertz CT molecular complexity index is 2040. The van der Waals surface area contributed by atoms with E-state index in [4.69, 9.17) is 14.2 Å². The molecule has 4 aromatic rings. The van der Waals surface area contributed by atoms with Crippen LogP contribution in [0.5, 0.6) is 0 Å². The molecule has 0 radical (unpaired) electrons. The molecule has 0 unspecified atom stereocenters. The van der Waals surface area contributed by atoms with E-state index in [1.807, 2.05) is 73.7 Å². The monoisotopic (exact) mass is 740 g/mol. The van der Waals surface area contributed by atoms with Crippen LogP contribution in [0.25, 0.3) is 0 Å². The molecule has 15 heteroatoms. The summed E-state index contributed by atoms with van der Waals surface area (Å²) in [7, 11) is -3.47. The summed E-state index contributed by atoms with van der Waals surface area (Å²) in [5.74, 6) is -0.848. The van der Waals surface area contributed by atoms with E-state index in [-0.39, 0.29) is 19.1 Å². The third-order valence-corrected chi connectivity index (χ3v) is 13.4. The van der Waals surface area contributed by atoms with Gasteiger partial charge in [0.2, 0.25) is 8.41 Å². The van der Waals surface area contributed by atoms with Gasteiger partial charge in [0.1, 0.15) is 25.0 Å². The molecule has 3 aromatic carbocycles. The summed E-state index contributed by atoms with van der Waals surface area (Å²) in [5, 5.41) is 19.3. The summed E-state index contributed by atoms with van der Waals surface area (Å²) in [6.45, 7) is 7.14. The van der Waals surface area contributed by atoms with Crippen LogP contribution in [0.4, 0.5) is 30.8 Å². The first-order valence-electron chi connectivity index (χ1n) is 17.9. The predicted octanol–water partition coefficient (Wildman–Crippen LogP) is 5.69. The number of aromatic nitrogens is 3. The van der Waals surface area contributed by atoms with Gasteiger partial charge < -0.3 is 28.3 Å². The number of ether oxygens (including phenoxy) is 3. The van der Waals surface area contributed by atoms with Crippen LogP contribution in [0.2, 0.25) is 18.6 Å². The van der Waals surface area contributed by atoms with E-state index in [1.165, 1.54) is 4.90 Å². The number of benzene rings is 3. The summed E-state index contributed by atoms with van der Waals surface area (Å²) in [4.78, 5) is 44.5. The number of carbonyl (C=O) groups excluding carboxylic acids is 3. The molecule has 3 amide bonds. The second-order valence-electron chi connectivity index (χ2n) is 14.6. The number of aryl methyl sites for hydroxylation is 1. The van der Waals surface area contributed by atoms with Crippen molar-refractivity contribution in [1.29, 1.82) is 0 Å². The molecule has 8 rings (SSSR count). The van der Waals surface area contributed by atoms with E-state index in [9.17, 15) is 19.5 Å². The second kappa shape index (κ2) is 13.4. The average Bonchev–Trinajstić information content (AvgIpc) is 3.98. The fraction of sp³-hybridized carbons (Fsp3) is 0.395. The van der Waals surface area contributed by atoms with Crippen molar-refractivity contribution in [2.75, 3.05) is 41.0 Å². The van der Waals surface area contributed by atoms with Gasteiger partial charge in [0.25, 0.3) is 5.91 Å². The summed E-state index contributed by atoms with van der Waals surface area (Å²) in [6.07, 6.45) is -0.432. The van der Waals surface area contributed by atoms with Crippen molar-refractivity contribution in [3.05, 3.63) is 101 Å². The number of fused-ring (bicyclic) bond motifs is 2. The first-order valence-corrected chi connectivity index (χ1v) is 20.8. The molecule has 5 atom stereocenters. The minimum Gasteiger partial charge on any atom is -0.447 e. The molecule has 4 aliphatic rings. The zero-order valence-electron chi connectivity index (χ0n) is 29.7. The molecule has 1 aromatic heterocycles. The molecule has 0 bridgehead atoms. The minimum absolute atomic E-state index is 0.205. The number of halogens is 1. The van der Waals surface area contributed by atoms with E-state index in [0.29, 0.717) is 66.5 Å². The second-order valence-corrected chi connectivity index (χ2v) is 18.4. The van der Waals surface area contributed by atoms with Crippen LogP contribution in [0.3, 0.4) is 0 Å². The van der Waals surface area contributed by atoms with E-state index >= 15 is 4.11 Å². The van der Waals surface area contributed by atoms with E-state index < -0.39 is 49.9 Å². The maximum absolute atomic E-state index is 16.5. The number of hydrogen-bond donors (Lipinski definition) is 1. The number of hydrogen-bond acceptors (Lipinski definition) is 9. The van der Waals surface area contributed by atoms with Gasteiger partial charge in [-0.2, -0.15) is 0 Å². The van der Waals surface area contributed by atoms with E-state index in [2.05, 4.69) is 10.3 Å². The molecule has 1 N–H and O–H groups in total. The molecule has 0 aliphatic carbocycles. The Morgan fingerprint density at radius 3 is 2.25 bits per heavy atom. The van der Waals surface area contributed by atoms with Crippen LogP contribution in [0.1, 0.15) is 41.8 Å². The average molecular weight is 741 g/mol. The number of carbonyl (C=O) groups is 3. The van der Waals surface area contributed by atoms with Crippen LogP contribution >= 0.6 is 0 Å². The molecule has 3 saturated heterocycles. The molecule has 1 spiro atoms. The van der Waals surface area contributed by atoms with E-state index in [1.54, 1.807) is 39.8 Å². The predicted molar refractivity (Wildman–Crippen MR) is 195 cm³/mol. The van der Waals surface area contributed by atoms with Gasteiger partial charge in [-0.3, -0.25) is 19.3 Å². The number of rotatable bonds is 10. The lowest BCUT2D eigenvalue weighted by Crippen LogP contribution is -2.45. The highest BCUT2D eigenvalue weighted by Gasteiger charge is 2.66. The number of anilines is 3. The maximum atomic E-state index is 16.5. The Kier molecular flexibility index (Phi) is 8.82. The van der Waals surface area contributed by atoms with Crippen molar-refractivity contribution in [1.82, 2.24) is 15.0 Å². The van der Waals surface area contributed by atoms with Crippen LogP contribution in [-0.4, -0.2) is 79.0 Å². The van der Waals surface area contributed by atoms with Gasteiger partial charge in [0.15, 0.2) is 5.60 Å². The fourth-order valence-corrected chi connectivity index (χ4v) is 11.0. The van der Waals surface area contributed by atoms with Crippen LogP contribution in [0.15, 0.2) is 79.0 Å². The smallest absolute Gasteiger partial charge is 0.414 e. The number of nitrogens with zero attached hydrogens (tertiary/aromatic N) is 6. The van der Waals surface area contributed by atoms with Gasteiger partial charge in [0.05, 0.1) is 37.6 Å². The first kappa shape index (κ1) is 34.9. The quantitative estimate of drug-likeness (QED) is 0.161. The first-order chi connectivity index (χ1) is 25.5. The lowest BCUT2D eigenvalue weighted by Gasteiger charge is -2.31. The highest BCUT2D eigenvalue weighted by Crippen LogP contribution is 2.60. The lowest BCUT2D eigenvalue weighted by atomic mass is 9.82. The fourth-order valence-electron chi connectivity index (χ4n) is 8.46. The summed E-state index contributed by atoms with van der Waals surface area (Å²) in [6, 6.07) is 22.0. The molecule has 276 valence electrons. The van der Waals surface area contributed by atoms with Crippen LogP contribution < -0.4 is 14.7 Å². The van der Waals surface area contributed by atoms with Gasteiger partial charge >= 0.3 is 12.2 Å². The SMILES string of the molecule is C[C@H]1[C@H]([Si](C)(C)F)[C@@H](CCn2cc([C@H](O)c3ccccc3)nn2)O[C@]12C(=O)N(Cc1ccc(N3CCOC3=O)cc1)c1ccc(N3CCOC3=O)cc12. The summed E-state index contributed by atoms with van der Waals surface area (Å²) < 4.78 is 35.4. The van der Waals surface area contributed by atoms with Crippen molar-refractivity contribution < 1.29 is 37.8 Å². The van der Waals surface area contributed by atoms with Gasteiger partial charge in [0, 0.05) is 34.9 Å². The van der Waals surface area contributed by atoms with Crippen molar-refractivity contribution >= 4 is 43.6 Å². The van der Waals surface area contributed by atoms with Gasteiger partial charge in [-0.15, -0.1) is 5.10 Å². The van der Waals surface area contributed by atoms with Crippen molar-refractivity contribution in [3.63, 3.8) is 0 Å². The standard InChI is InChI=1S/C38H41FN6O7Si/c1-24-34(53(2,3)39)32(15-16-42-23-30(40-41-42)33(46)26-7-5-4-6-8-26)52-38(24)29-21-28(44-18-20-51-37(44)49)13-14-31(29)45(35(38)47)22-25-9-11-27(12-10-25)43-17-19-50-36(43)48/h4-14,21,23-24,32-34,46H,15-20,22H2,1-3H3/t24-,32+,33+,34-,38+/m0/s1. The molecule has 5 heterocycles.